The van der Waals surface area contributed by atoms with Crippen molar-refractivity contribution in [3.63, 3.8) is 0 Å². The van der Waals surface area contributed by atoms with Gasteiger partial charge < -0.3 is 9.32 Å². The molecule has 0 aliphatic carbocycles. The highest BCUT2D eigenvalue weighted by atomic mass is 35.5. The van der Waals surface area contributed by atoms with Gasteiger partial charge in [0.05, 0.1) is 0 Å². The maximum absolute atomic E-state index is 10.8. The summed E-state index contributed by atoms with van der Waals surface area (Å²) < 4.78 is 4.65. The number of nitrogens with zero attached hydrogens (tertiary/aromatic N) is 2. The average molecular weight is 240 g/mol. The van der Waals surface area contributed by atoms with Crippen LogP contribution in [0.25, 0.3) is 0 Å². The Morgan fingerprint density at radius 2 is 2.38 bits per heavy atom. The molecule has 0 bridgehead atoms. The van der Waals surface area contributed by atoms with E-state index >= 15 is 0 Å². The molecule has 0 unspecified atom stereocenters. The van der Waals surface area contributed by atoms with Crippen LogP contribution in [0.5, 0.6) is 0 Å². The van der Waals surface area contributed by atoms with Crippen LogP contribution in [0.2, 0.25) is 5.15 Å². The second-order valence-electron chi connectivity index (χ2n) is 3.38. The average Bonchev–Trinajstić information content (AvgIpc) is 2.68. The molecular formula is C10H10ClN3O2. The topological polar surface area (TPSA) is 62.1 Å². The first-order chi connectivity index (χ1) is 7.65. The van der Waals surface area contributed by atoms with Gasteiger partial charge in [-0.25, -0.2) is 9.78 Å². The summed E-state index contributed by atoms with van der Waals surface area (Å²) in [6, 6.07) is 3.60. The Balaban J connectivity index is 2.10. The van der Waals surface area contributed by atoms with Crippen LogP contribution in [0, 0.1) is 0 Å². The minimum Gasteiger partial charge on any atom is -0.414 e. The van der Waals surface area contributed by atoms with Gasteiger partial charge in [0.2, 0.25) is 0 Å². The third kappa shape index (κ3) is 2.43. The van der Waals surface area contributed by atoms with Crippen LogP contribution in [0.4, 0.5) is 5.82 Å². The van der Waals surface area contributed by atoms with Crippen molar-refractivity contribution in [3.8, 4) is 0 Å². The Kier molecular flexibility index (Phi) is 2.96. The molecule has 84 valence electrons. The zero-order valence-electron chi connectivity index (χ0n) is 8.61. The molecular weight excluding hydrogens is 230 g/mol. The first kappa shape index (κ1) is 10.8. The van der Waals surface area contributed by atoms with Gasteiger partial charge in [0.15, 0.2) is 0 Å². The lowest BCUT2D eigenvalue weighted by molar-refractivity contribution is 0.515. The molecule has 0 radical (unpaired) electrons. The van der Waals surface area contributed by atoms with Gasteiger partial charge >= 0.3 is 5.76 Å². The van der Waals surface area contributed by atoms with Gasteiger partial charge in [0, 0.05) is 19.8 Å². The van der Waals surface area contributed by atoms with Crippen LogP contribution in [0.3, 0.4) is 0 Å². The van der Waals surface area contributed by atoms with E-state index in [9.17, 15) is 4.79 Å². The fourth-order valence-electron chi connectivity index (χ4n) is 1.32. The standard InChI is InChI=1S/C10H10ClN3O2/c1-14(9-6-16-10(15)13-9)5-7-2-3-8(11)12-4-7/h2-4,6H,5H2,1H3,(H,13,15). The van der Waals surface area contributed by atoms with Gasteiger partial charge in [-0.05, 0) is 11.6 Å². The third-order valence-corrected chi connectivity index (χ3v) is 2.35. The molecule has 6 heteroatoms. The van der Waals surface area contributed by atoms with Gasteiger partial charge in [0.25, 0.3) is 0 Å². The van der Waals surface area contributed by atoms with E-state index in [0.29, 0.717) is 17.5 Å². The Morgan fingerprint density at radius 3 is 2.94 bits per heavy atom. The number of hydrogen-bond acceptors (Lipinski definition) is 4. The number of anilines is 1. The number of pyridine rings is 1. The highest BCUT2D eigenvalue weighted by Crippen LogP contribution is 2.11. The molecule has 2 rings (SSSR count). The molecule has 2 heterocycles. The smallest absolute Gasteiger partial charge is 0.414 e. The molecule has 0 aromatic carbocycles. The van der Waals surface area contributed by atoms with Crippen molar-refractivity contribution in [3.05, 3.63) is 45.9 Å². The molecule has 0 atom stereocenters. The molecule has 0 spiro atoms. The second-order valence-corrected chi connectivity index (χ2v) is 3.77. The number of aromatic nitrogens is 2. The quantitative estimate of drug-likeness (QED) is 0.828. The highest BCUT2D eigenvalue weighted by molar-refractivity contribution is 6.29. The molecule has 0 fully saturated rings. The summed E-state index contributed by atoms with van der Waals surface area (Å²) >= 11 is 5.68. The van der Waals surface area contributed by atoms with Crippen molar-refractivity contribution in [2.75, 3.05) is 11.9 Å². The maximum Gasteiger partial charge on any atom is 0.417 e. The normalized spacial score (nSPS) is 10.4. The summed E-state index contributed by atoms with van der Waals surface area (Å²) in [5.41, 5.74) is 0.994. The summed E-state index contributed by atoms with van der Waals surface area (Å²) in [6.45, 7) is 0.611. The van der Waals surface area contributed by atoms with E-state index in [1.165, 1.54) is 6.26 Å². The van der Waals surface area contributed by atoms with Crippen LogP contribution in [-0.2, 0) is 6.54 Å². The fraction of sp³-hybridized carbons (Fsp3) is 0.200. The van der Waals surface area contributed by atoms with Gasteiger partial charge in [-0.15, -0.1) is 0 Å². The lowest BCUT2D eigenvalue weighted by Gasteiger charge is -2.15. The van der Waals surface area contributed by atoms with E-state index in [0.717, 1.165) is 5.56 Å². The van der Waals surface area contributed by atoms with E-state index < -0.39 is 5.76 Å². The summed E-state index contributed by atoms with van der Waals surface area (Å²) in [5.74, 6) is 0.163. The Labute approximate surface area is 96.7 Å². The monoisotopic (exact) mass is 239 g/mol. The number of H-pyrrole nitrogens is 1. The Morgan fingerprint density at radius 1 is 1.56 bits per heavy atom. The molecule has 0 saturated heterocycles. The van der Waals surface area contributed by atoms with Crippen molar-refractivity contribution in [1.29, 1.82) is 0 Å². The highest BCUT2D eigenvalue weighted by Gasteiger charge is 2.05. The number of aromatic amines is 1. The van der Waals surface area contributed by atoms with Crippen LogP contribution < -0.4 is 10.7 Å². The second kappa shape index (κ2) is 4.40. The van der Waals surface area contributed by atoms with Crippen molar-refractivity contribution < 1.29 is 4.42 Å². The first-order valence-corrected chi connectivity index (χ1v) is 5.02. The number of nitrogens with one attached hydrogen (secondary N) is 1. The molecule has 16 heavy (non-hydrogen) atoms. The van der Waals surface area contributed by atoms with Crippen molar-refractivity contribution in [1.82, 2.24) is 9.97 Å². The van der Waals surface area contributed by atoms with Crippen LogP contribution in [-0.4, -0.2) is 17.0 Å². The van der Waals surface area contributed by atoms with E-state index in [1.54, 1.807) is 12.3 Å². The summed E-state index contributed by atoms with van der Waals surface area (Å²) in [7, 11) is 1.84. The summed E-state index contributed by atoms with van der Waals surface area (Å²) in [4.78, 5) is 19.2. The number of halogens is 1. The number of hydrogen-bond donors (Lipinski definition) is 1. The van der Waals surface area contributed by atoms with E-state index in [4.69, 9.17) is 11.6 Å². The van der Waals surface area contributed by atoms with E-state index in [1.807, 2.05) is 18.0 Å². The van der Waals surface area contributed by atoms with E-state index in [2.05, 4.69) is 14.4 Å². The van der Waals surface area contributed by atoms with Crippen LogP contribution in [0.1, 0.15) is 5.56 Å². The van der Waals surface area contributed by atoms with Crippen LogP contribution in [0.15, 0.2) is 33.8 Å². The number of rotatable bonds is 3. The minimum absolute atomic E-state index is 0.461. The largest absolute Gasteiger partial charge is 0.417 e. The molecule has 2 aromatic heterocycles. The SMILES string of the molecule is CN(Cc1ccc(Cl)nc1)c1coc(=O)[nH]1. The summed E-state index contributed by atoms with van der Waals surface area (Å²) in [5, 5.41) is 0.461. The first-order valence-electron chi connectivity index (χ1n) is 4.64. The molecule has 0 aliphatic rings. The predicted octanol–water partition coefficient (Wildman–Crippen LogP) is 1.65. The molecule has 0 amide bonds. The minimum atomic E-state index is -0.462. The maximum atomic E-state index is 10.8. The summed E-state index contributed by atoms with van der Waals surface area (Å²) in [6.07, 6.45) is 3.07. The van der Waals surface area contributed by atoms with Gasteiger partial charge in [-0.1, -0.05) is 17.7 Å². The van der Waals surface area contributed by atoms with Crippen LogP contribution >= 0.6 is 11.6 Å². The Bertz CT molecular complexity index is 517. The van der Waals surface area contributed by atoms with Crippen molar-refractivity contribution in [2.24, 2.45) is 0 Å². The van der Waals surface area contributed by atoms with E-state index in [-0.39, 0.29) is 0 Å². The van der Waals surface area contributed by atoms with Crippen molar-refractivity contribution in [2.45, 2.75) is 6.54 Å². The predicted molar refractivity (Wildman–Crippen MR) is 60.7 cm³/mol. The third-order valence-electron chi connectivity index (χ3n) is 2.13. The molecule has 0 saturated carbocycles. The molecule has 1 N–H and O–H groups in total. The fourth-order valence-corrected chi connectivity index (χ4v) is 1.43. The zero-order valence-corrected chi connectivity index (χ0v) is 9.36. The lowest BCUT2D eigenvalue weighted by Crippen LogP contribution is -2.17. The van der Waals surface area contributed by atoms with Gasteiger partial charge in [0.1, 0.15) is 17.2 Å². The number of oxazole rings is 1. The van der Waals surface area contributed by atoms with Gasteiger partial charge in [-0.3, -0.25) is 4.98 Å². The van der Waals surface area contributed by atoms with Crippen molar-refractivity contribution >= 4 is 17.4 Å². The lowest BCUT2D eigenvalue weighted by atomic mass is 10.3. The van der Waals surface area contributed by atoms with Gasteiger partial charge in [-0.2, -0.15) is 0 Å². The molecule has 2 aromatic rings. The Hall–Kier alpha value is -1.75. The zero-order chi connectivity index (χ0) is 11.5. The molecule has 0 aliphatic heterocycles. The molecule has 5 nitrogen and oxygen atoms in total.